The average molecular weight is 437 g/mol. The van der Waals surface area contributed by atoms with Gasteiger partial charge in [0.1, 0.15) is 16.3 Å². The standard InChI is InChI=1S/C24H32N6S/c1-13(2)17-7-8-18(11-17)28-22-20(14(3)27-24(30-22)26-12-16-5-6-16)23-29-21-15(4)25-10-9-19(21)31-23/h9-10,13,16-18H,5-8,11-12H2,1-4H3,(H2,26,27,28,30)/t17-,18+/m1/s1. The molecule has 0 saturated heterocycles. The van der Waals surface area contributed by atoms with Crippen LogP contribution in [0.4, 0.5) is 11.8 Å². The van der Waals surface area contributed by atoms with Crippen LogP contribution in [-0.4, -0.2) is 32.5 Å². The molecule has 2 aliphatic carbocycles. The molecular weight excluding hydrogens is 404 g/mol. The molecule has 2 atom stereocenters. The highest BCUT2D eigenvalue weighted by Gasteiger charge is 2.29. The average Bonchev–Trinajstić information content (AvgIpc) is 3.26. The van der Waals surface area contributed by atoms with Gasteiger partial charge in [-0.15, -0.1) is 11.3 Å². The summed E-state index contributed by atoms with van der Waals surface area (Å²) >= 11 is 1.70. The van der Waals surface area contributed by atoms with Gasteiger partial charge in [-0.1, -0.05) is 13.8 Å². The first kappa shape index (κ1) is 20.6. The second-order valence-corrected chi connectivity index (χ2v) is 10.6. The number of pyridine rings is 1. The van der Waals surface area contributed by atoms with E-state index in [2.05, 4.69) is 36.4 Å². The van der Waals surface area contributed by atoms with E-state index in [9.17, 15) is 0 Å². The third kappa shape index (κ3) is 4.38. The third-order valence-corrected chi connectivity index (χ3v) is 7.83. The summed E-state index contributed by atoms with van der Waals surface area (Å²) < 4.78 is 1.16. The molecule has 7 heteroatoms. The maximum absolute atomic E-state index is 4.95. The number of hydrogen-bond acceptors (Lipinski definition) is 7. The van der Waals surface area contributed by atoms with Crippen molar-refractivity contribution in [3.05, 3.63) is 23.7 Å². The van der Waals surface area contributed by atoms with Crippen LogP contribution in [-0.2, 0) is 0 Å². The fraction of sp³-hybridized carbons (Fsp3) is 0.583. The molecule has 5 rings (SSSR count). The smallest absolute Gasteiger partial charge is 0.224 e. The lowest BCUT2D eigenvalue weighted by Gasteiger charge is -2.19. The monoisotopic (exact) mass is 436 g/mol. The van der Waals surface area contributed by atoms with Gasteiger partial charge in [0.15, 0.2) is 0 Å². The van der Waals surface area contributed by atoms with Gasteiger partial charge in [0, 0.05) is 18.8 Å². The highest BCUT2D eigenvalue weighted by molar-refractivity contribution is 7.21. The quantitative estimate of drug-likeness (QED) is 0.486. The summed E-state index contributed by atoms with van der Waals surface area (Å²) in [5, 5.41) is 8.23. The summed E-state index contributed by atoms with van der Waals surface area (Å²) in [4.78, 5) is 19.1. The van der Waals surface area contributed by atoms with Gasteiger partial charge in [0.25, 0.3) is 0 Å². The number of hydrogen-bond donors (Lipinski definition) is 2. The Hall–Kier alpha value is -2.28. The molecule has 0 spiro atoms. The molecule has 0 radical (unpaired) electrons. The summed E-state index contributed by atoms with van der Waals surface area (Å²) in [6.07, 6.45) is 8.16. The zero-order valence-electron chi connectivity index (χ0n) is 18.9. The lowest BCUT2D eigenvalue weighted by Crippen LogP contribution is -2.19. The number of fused-ring (bicyclic) bond motifs is 1. The van der Waals surface area contributed by atoms with Crippen LogP contribution in [0.1, 0.15) is 57.3 Å². The van der Waals surface area contributed by atoms with E-state index in [-0.39, 0.29) is 0 Å². The molecule has 2 aliphatic rings. The van der Waals surface area contributed by atoms with Crippen molar-refractivity contribution in [2.45, 2.75) is 65.8 Å². The Labute approximate surface area is 188 Å². The highest BCUT2D eigenvalue weighted by Crippen LogP contribution is 2.39. The van der Waals surface area contributed by atoms with Crippen molar-refractivity contribution < 1.29 is 0 Å². The Morgan fingerprint density at radius 2 is 1.90 bits per heavy atom. The molecule has 3 aromatic heterocycles. The second-order valence-electron chi connectivity index (χ2n) is 9.60. The zero-order valence-corrected chi connectivity index (χ0v) is 19.7. The minimum atomic E-state index is 0.453. The van der Waals surface area contributed by atoms with Gasteiger partial charge in [-0.2, -0.15) is 4.98 Å². The molecule has 31 heavy (non-hydrogen) atoms. The van der Waals surface area contributed by atoms with Crippen molar-refractivity contribution in [3.63, 3.8) is 0 Å². The second kappa shape index (κ2) is 8.34. The van der Waals surface area contributed by atoms with Crippen molar-refractivity contribution in [1.29, 1.82) is 0 Å². The Morgan fingerprint density at radius 1 is 1.06 bits per heavy atom. The van der Waals surface area contributed by atoms with Gasteiger partial charge < -0.3 is 10.6 Å². The van der Waals surface area contributed by atoms with E-state index in [1.54, 1.807) is 11.3 Å². The normalized spacial score (nSPS) is 21.2. The molecule has 0 aromatic carbocycles. The van der Waals surface area contributed by atoms with E-state index in [0.29, 0.717) is 6.04 Å². The predicted octanol–water partition coefficient (Wildman–Crippen LogP) is 5.82. The minimum Gasteiger partial charge on any atom is -0.367 e. The molecular formula is C24H32N6S. The topological polar surface area (TPSA) is 75.6 Å². The summed E-state index contributed by atoms with van der Waals surface area (Å²) in [6.45, 7) is 9.73. The molecule has 2 saturated carbocycles. The number of thiazole rings is 1. The van der Waals surface area contributed by atoms with Gasteiger partial charge in [-0.25, -0.2) is 9.97 Å². The van der Waals surface area contributed by atoms with Crippen LogP contribution in [0.5, 0.6) is 0 Å². The van der Waals surface area contributed by atoms with Crippen LogP contribution >= 0.6 is 11.3 Å². The summed E-state index contributed by atoms with van der Waals surface area (Å²) in [5.41, 5.74) is 3.94. The number of nitrogens with zero attached hydrogens (tertiary/aromatic N) is 4. The number of rotatable bonds is 7. The van der Waals surface area contributed by atoms with E-state index < -0.39 is 0 Å². The predicted molar refractivity (Wildman–Crippen MR) is 129 cm³/mol. The lowest BCUT2D eigenvalue weighted by atomic mass is 9.94. The van der Waals surface area contributed by atoms with Crippen molar-refractivity contribution in [2.24, 2.45) is 17.8 Å². The minimum absolute atomic E-state index is 0.453. The first-order valence-electron chi connectivity index (χ1n) is 11.6. The van der Waals surface area contributed by atoms with Crippen molar-refractivity contribution in [2.75, 3.05) is 17.2 Å². The maximum Gasteiger partial charge on any atom is 0.224 e. The van der Waals surface area contributed by atoms with Crippen LogP contribution in [0.3, 0.4) is 0 Å². The Kier molecular flexibility index (Phi) is 5.54. The fourth-order valence-corrected chi connectivity index (χ4v) is 5.72. The maximum atomic E-state index is 4.95. The largest absolute Gasteiger partial charge is 0.367 e. The Bertz CT molecular complexity index is 1090. The highest BCUT2D eigenvalue weighted by atomic mass is 32.1. The van der Waals surface area contributed by atoms with E-state index in [1.165, 1.54) is 32.1 Å². The molecule has 3 aromatic rings. The summed E-state index contributed by atoms with van der Waals surface area (Å²) in [6, 6.07) is 2.50. The zero-order chi connectivity index (χ0) is 21.5. The van der Waals surface area contributed by atoms with Gasteiger partial charge in [0.2, 0.25) is 5.95 Å². The third-order valence-electron chi connectivity index (χ3n) is 6.80. The van der Waals surface area contributed by atoms with Crippen LogP contribution in [0.15, 0.2) is 12.3 Å². The summed E-state index contributed by atoms with van der Waals surface area (Å²) in [7, 11) is 0. The van der Waals surface area contributed by atoms with Crippen LogP contribution in [0.25, 0.3) is 20.8 Å². The van der Waals surface area contributed by atoms with Crippen molar-refractivity contribution in [1.82, 2.24) is 19.9 Å². The number of aromatic nitrogens is 4. The molecule has 0 aliphatic heterocycles. The number of anilines is 2. The Balaban J connectivity index is 1.51. The molecule has 2 N–H and O–H groups in total. The van der Waals surface area contributed by atoms with Gasteiger partial charge >= 0.3 is 0 Å². The SMILES string of the molecule is Cc1nc(NCC2CC2)nc(N[C@H]2CC[C@@H](C(C)C)C2)c1-c1nc2c(C)nccc2s1. The van der Waals surface area contributed by atoms with Gasteiger partial charge in [0.05, 0.1) is 21.7 Å². The van der Waals surface area contributed by atoms with E-state index in [0.717, 1.165) is 68.2 Å². The van der Waals surface area contributed by atoms with Crippen molar-refractivity contribution in [3.8, 4) is 10.6 Å². The molecule has 0 unspecified atom stereocenters. The lowest BCUT2D eigenvalue weighted by molar-refractivity contribution is 0.393. The number of aryl methyl sites for hydroxylation is 2. The van der Waals surface area contributed by atoms with Gasteiger partial charge in [-0.3, -0.25) is 4.98 Å². The van der Waals surface area contributed by atoms with E-state index >= 15 is 0 Å². The fourth-order valence-electron chi connectivity index (χ4n) is 4.61. The molecule has 3 heterocycles. The Morgan fingerprint density at radius 3 is 2.61 bits per heavy atom. The summed E-state index contributed by atoms with van der Waals surface area (Å²) in [5.74, 6) is 3.95. The van der Waals surface area contributed by atoms with Crippen molar-refractivity contribution >= 4 is 33.3 Å². The van der Waals surface area contributed by atoms with E-state index in [1.807, 2.05) is 19.2 Å². The molecule has 2 fully saturated rings. The van der Waals surface area contributed by atoms with Crippen LogP contribution in [0.2, 0.25) is 0 Å². The molecule has 0 bridgehead atoms. The van der Waals surface area contributed by atoms with E-state index in [4.69, 9.17) is 15.0 Å². The number of nitrogens with one attached hydrogen (secondary N) is 2. The molecule has 164 valence electrons. The first-order valence-corrected chi connectivity index (χ1v) is 12.4. The molecule has 0 amide bonds. The first-order chi connectivity index (χ1) is 15.0. The molecule has 6 nitrogen and oxygen atoms in total. The van der Waals surface area contributed by atoms with Crippen LogP contribution < -0.4 is 10.6 Å². The van der Waals surface area contributed by atoms with Gasteiger partial charge in [-0.05, 0) is 69.8 Å². The van der Waals surface area contributed by atoms with Crippen LogP contribution in [0, 0.1) is 31.6 Å².